The van der Waals surface area contributed by atoms with E-state index >= 15 is 0 Å². The third-order valence-corrected chi connectivity index (χ3v) is 7.58. The van der Waals surface area contributed by atoms with Crippen LogP contribution in [0.25, 0.3) is 0 Å². The Morgan fingerprint density at radius 2 is 1.93 bits per heavy atom. The number of hydrogen-bond acceptors (Lipinski definition) is 4. The number of benzene rings is 1. The summed E-state index contributed by atoms with van der Waals surface area (Å²) in [5, 5.41) is 3.08. The van der Waals surface area contributed by atoms with E-state index in [1.54, 1.807) is 19.9 Å². The third-order valence-electron chi connectivity index (χ3n) is 5.90. The SMILES string of the molecule is COc1ccc(C(=O)NC(C)C2CC3CCC2C3)cc1S(=O)(=O)NC(C)C. The van der Waals surface area contributed by atoms with Crippen LogP contribution in [0.1, 0.15) is 56.8 Å². The number of nitrogens with one attached hydrogen (secondary N) is 2. The molecule has 2 fully saturated rings. The molecule has 0 aliphatic heterocycles. The molecule has 0 spiro atoms. The highest BCUT2D eigenvalue weighted by molar-refractivity contribution is 7.89. The van der Waals surface area contributed by atoms with Crippen LogP contribution in [0.5, 0.6) is 5.75 Å². The number of hydrogen-bond donors (Lipinski definition) is 2. The molecule has 2 aliphatic carbocycles. The second-order valence-electron chi connectivity index (χ2n) is 8.24. The molecule has 7 heteroatoms. The molecule has 4 atom stereocenters. The zero-order valence-electron chi connectivity index (χ0n) is 16.5. The maximum Gasteiger partial charge on any atom is 0.251 e. The smallest absolute Gasteiger partial charge is 0.251 e. The molecular formula is C20H30N2O4S. The van der Waals surface area contributed by atoms with Gasteiger partial charge in [0.2, 0.25) is 10.0 Å². The van der Waals surface area contributed by atoms with Crippen molar-refractivity contribution in [2.75, 3.05) is 7.11 Å². The number of amides is 1. The highest BCUT2D eigenvalue weighted by Crippen LogP contribution is 2.49. The lowest BCUT2D eigenvalue weighted by molar-refractivity contribution is 0.0915. The molecule has 1 aromatic carbocycles. The quantitative estimate of drug-likeness (QED) is 0.745. The van der Waals surface area contributed by atoms with E-state index in [1.807, 2.05) is 0 Å². The lowest BCUT2D eigenvalue weighted by atomic mass is 9.84. The highest BCUT2D eigenvalue weighted by Gasteiger charge is 2.42. The highest BCUT2D eigenvalue weighted by atomic mass is 32.2. The molecule has 1 aromatic rings. The van der Waals surface area contributed by atoms with E-state index in [9.17, 15) is 13.2 Å². The van der Waals surface area contributed by atoms with Gasteiger partial charge in [0.25, 0.3) is 5.91 Å². The van der Waals surface area contributed by atoms with Gasteiger partial charge in [-0.1, -0.05) is 6.42 Å². The first-order valence-electron chi connectivity index (χ1n) is 9.72. The summed E-state index contributed by atoms with van der Waals surface area (Å²) in [6.07, 6.45) is 5.06. The van der Waals surface area contributed by atoms with Crippen LogP contribution in [0.2, 0.25) is 0 Å². The summed E-state index contributed by atoms with van der Waals surface area (Å²) >= 11 is 0. The molecule has 3 rings (SSSR count). The lowest BCUT2D eigenvalue weighted by Gasteiger charge is -2.28. The van der Waals surface area contributed by atoms with Crippen LogP contribution in [0.15, 0.2) is 23.1 Å². The molecule has 2 bridgehead atoms. The van der Waals surface area contributed by atoms with Crippen LogP contribution in [-0.2, 0) is 10.0 Å². The van der Waals surface area contributed by atoms with E-state index in [1.165, 1.54) is 44.9 Å². The predicted molar refractivity (Wildman–Crippen MR) is 104 cm³/mol. The zero-order valence-corrected chi connectivity index (χ0v) is 17.3. The molecule has 2 N–H and O–H groups in total. The molecular weight excluding hydrogens is 364 g/mol. The topological polar surface area (TPSA) is 84.5 Å². The van der Waals surface area contributed by atoms with Gasteiger partial charge in [-0.15, -0.1) is 0 Å². The van der Waals surface area contributed by atoms with Crippen LogP contribution in [0.3, 0.4) is 0 Å². The molecule has 150 valence electrons. The maximum atomic E-state index is 12.8. The Morgan fingerprint density at radius 1 is 1.19 bits per heavy atom. The molecule has 2 saturated carbocycles. The van der Waals surface area contributed by atoms with E-state index in [2.05, 4.69) is 17.0 Å². The van der Waals surface area contributed by atoms with Crippen LogP contribution in [-0.4, -0.2) is 33.5 Å². The molecule has 6 nitrogen and oxygen atoms in total. The number of carbonyl (C=O) groups is 1. The van der Waals surface area contributed by atoms with E-state index in [4.69, 9.17) is 4.74 Å². The Bertz CT molecular complexity index is 806. The Morgan fingerprint density at radius 3 is 2.48 bits per heavy atom. The second-order valence-corrected chi connectivity index (χ2v) is 9.92. The average Bonchev–Trinajstić information content (AvgIpc) is 3.23. The van der Waals surface area contributed by atoms with Gasteiger partial charge in [0, 0.05) is 17.6 Å². The number of methoxy groups -OCH3 is 1. The van der Waals surface area contributed by atoms with Crippen molar-refractivity contribution in [1.29, 1.82) is 0 Å². The number of ether oxygens (including phenoxy) is 1. The summed E-state index contributed by atoms with van der Waals surface area (Å²) in [5.41, 5.74) is 0.329. The van der Waals surface area contributed by atoms with Gasteiger partial charge in [0.05, 0.1) is 7.11 Å². The summed E-state index contributed by atoms with van der Waals surface area (Å²) in [6, 6.07) is 4.37. The Balaban J connectivity index is 1.78. The molecule has 0 heterocycles. The van der Waals surface area contributed by atoms with E-state index < -0.39 is 10.0 Å². The average molecular weight is 395 g/mol. The van der Waals surface area contributed by atoms with Gasteiger partial charge in [-0.25, -0.2) is 13.1 Å². The van der Waals surface area contributed by atoms with Crippen molar-refractivity contribution in [1.82, 2.24) is 10.0 Å². The zero-order chi connectivity index (χ0) is 19.8. The minimum atomic E-state index is -3.76. The summed E-state index contributed by atoms with van der Waals surface area (Å²) in [5.74, 6) is 2.04. The minimum Gasteiger partial charge on any atom is -0.495 e. The Hall–Kier alpha value is -1.60. The molecule has 2 aliphatic rings. The fourth-order valence-corrected chi connectivity index (χ4v) is 6.15. The van der Waals surface area contributed by atoms with Gasteiger partial charge in [0.15, 0.2) is 0 Å². The summed E-state index contributed by atoms with van der Waals surface area (Å²) in [6.45, 7) is 5.56. The second kappa shape index (κ2) is 7.80. The fraction of sp³-hybridized carbons (Fsp3) is 0.650. The van der Waals surface area contributed by atoms with Gasteiger partial charge < -0.3 is 10.1 Å². The first kappa shape index (κ1) is 20.1. The Kier molecular flexibility index (Phi) is 5.82. The number of fused-ring (bicyclic) bond motifs is 2. The first-order valence-corrected chi connectivity index (χ1v) is 11.2. The monoisotopic (exact) mass is 394 g/mol. The van der Waals surface area contributed by atoms with E-state index in [-0.39, 0.29) is 28.6 Å². The number of rotatable bonds is 7. The molecule has 4 unspecified atom stereocenters. The van der Waals surface area contributed by atoms with Crippen LogP contribution >= 0.6 is 0 Å². The fourth-order valence-electron chi connectivity index (χ4n) is 4.71. The van der Waals surface area contributed by atoms with E-state index in [0.29, 0.717) is 17.4 Å². The van der Waals surface area contributed by atoms with Crippen molar-refractivity contribution >= 4 is 15.9 Å². The standard InChI is InChI=1S/C20H30N2O4S/c1-12(2)22-27(24,25)19-11-16(7-8-18(19)26-4)20(23)21-13(3)17-10-14-5-6-15(17)9-14/h7-8,11-15,17,22H,5-6,9-10H2,1-4H3,(H,21,23). The van der Waals surface area contributed by atoms with Crippen LogP contribution < -0.4 is 14.8 Å². The van der Waals surface area contributed by atoms with Gasteiger partial charge >= 0.3 is 0 Å². The molecule has 1 amide bonds. The van der Waals surface area contributed by atoms with Crippen molar-refractivity contribution in [3.8, 4) is 5.75 Å². The predicted octanol–water partition coefficient (Wildman–Crippen LogP) is 2.94. The Labute approximate surface area is 162 Å². The summed E-state index contributed by atoms with van der Waals surface area (Å²) in [7, 11) is -2.35. The molecule has 0 saturated heterocycles. The van der Waals surface area contributed by atoms with Gasteiger partial charge in [-0.2, -0.15) is 0 Å². The summed E-state index contributed by atoms with van der Waals surface area (Å²) < 4.78 is 32.9. The van der Waals surface area contributed by atoms with Crippen LogP contribution in [0, 0.1) is 17.8 Å². The van der Waals surface area contributed by atoms with Gasteiger partial charge in [-0.3, -0.25) is 4.79 Å². The van der Waals surface area contributed by atoms with Crippen molar-refractivity contribution in [2.45, 2.75) is 63.4 Å². The van der Waals surface area contributed by atoms with Gasteiger partial charge in [0.1, 0.15) is 10.6 Å². The van der Waals surface area contributed by atoms with Crippen molar-refractivity contribution in [3.63, 3.8) is 0 Å². The van der Waals surface area contributed by atoms with Gasteiger partial charge in [-0.05, 0) is 76.0 Å². The van der Waals surface area contributed by atoms with Crippen molar-refractivity contribution < 1.29 is 17.9 Å². The maximum absolute atomic E-state index is 12.8. The summed E-state index contributed by atoms with van der Waals surface area (Å²) in [4.78, 5) is 12.7. The molecule has 0 aromatic heterocycles. The van der Waals surface area contributed by atoms with Crippen molar-refractivity contribution in [2.24, 2.45) is 17.8 Å². The van der Waals surface area contributed by atoms with Crippen LogP contribution in [0.4, 0.5) is 0 Å². The number of sulfonamides is 1. The first-order chi connectivity index (χ1) is 12.7. The third kappa shape index (κ3) is 4.29. The largest absolute Gasteiger partial charge is 0.495 e. The molecule has 27 heavy (non-hydrogen) atoms. The minimum absolute atomic E-state index is 0.0149. The molecule has 0 radical (unpaired) electrons. The van der Waals surface area contributed by atoms with Crippen molar-refractivity contribution in [3.05, 3.63) is 23.8 Å². The normalized spacial score (nSPS) is 25.6. The van der Waals surface area contributed by atoms with E-state index in [0.717, 1.165) is 5.92 Å². The lowest BCUT2D eigenvalue weighted by Crippen LogP contribution is -2.40. The number of carbonyl (C=O) groups excluding carboxylic acids is 1.